The van der Waals surface area contributed by atoms with Crippen molar-refractivity contribution in [1.29, 1.82) is 0 Å². The van der Waals surface area contributed by atoms with Gasteiger partial charge in [0.1, 0.15) is 5.82 Å². The lowest BCUT2D eigenvalue weighted by Gasteiger charge is -2.22. The first kappa shape index (κ1) is 16.4. The first-order chi connectivity index (χ1) is 9.43. The van der Waals surface area contributed by atoms with Gasteiger partial charge in [-0.25, -0.2) is 4.39 Å². The molecule has 0 amide bonds. The molecule has 110 valence electrons. The topological polar surface area (TPSA) is 76.7 Å². The lowest BCUT2D eigenvalue weighted by atomic mass is 9.90. The van der Waals surface area contributed by atoms with Gasteiger partial charge in [0.15, 0.2) is 0 Å². The summed E-state index contributed by atoms with van der Waals surface area (Å²) in [5.41, 5.74) is 9.45. The van der Waals surface area contributed by atoms with Gasteiger partial charge in [0.25, 0.3) is 6.47 Å². The molecule has 0 aromatic heterocycles. The molecular formula is C13H17ClFN3O2. The Morgan fingerprint density at radius 1 is 1.60 bits per heavy atom. The van der Waals surface area contributed by atoms with E-state index in [4.69, 9.17) is 22.1 Å². The van der Waals surface area contributed by atoms with Crippen molar-refractivity contribution in [3.05, 3.63) is 34.1 Å². The van der Waals surface area contributed by atoms with Gasteiger partial charge in [-0.2, -0.15) is 0 Å². The van der Waals surface area contributed by atoms with Gasteiger partial charge in [0.05, 0.1) is 6.04 Å². The zero-order valence-electron chi connectivity index (χ0n) is 11.5. The maximum atomic E-state index is 14.0. The van der Waals surface area contributed by atoms with Gasteiger partial charge >= 0.3 is 0 Å². The molecule has 7 heteroatoms. The summed E-state index contributed by atoms with van der Waals surface area (Å²) < 4.78 is 18.7. The Bertz CT molecular complexity index is 523. The van der Waals surface area contributed by atoms with E-state index in [2.05, 4.69) is 10.5 Å². The summed E-state index contributed by atoms with van der Waals surface area (Å²) in [4.78, 5) is 10.5. The number of hydrogen-bond acceptors (Lipinski definition) is 5. The minimum atomic E-state index is -0.792. The van der Waals surface area contributed by atoms with Gasteiger partial charge in [-0.1, -0.05) is 18.5 Å². The number of ether oxygens (including phenoxy) is 1. The predicted molar refractivity (Wildman–Crippen MR) is 76.2 cm³/mol. The van der Waals surface area contributed by atoms with E-state index in [1.165, 1.54) is 19.2 Å². The van der Waals surface area contributed by atoms with Gasteiger partial charge in [-0.15, -0.1) is 5.10 Å². The van der Waals surface area contributed by atoms with Crippen molar-refractivity contribution >= 4 is 24.0 Å². The molecule has 2 unspecified atom stereocenters. The van der Waals surface area contributed by atoms with Crippen molar-refractivity contribution in [3.63, 3.8) is 0 Å². The molecule has 1 rings (SSSR count). The predicted octanol–water partition coefficient (Wildman–Crippen LogP) is 1.92. The van der Waals surface area contributed by atoms with E-state index >= 15 is 0 Å². The molecular weight excluding hydrogens is 285 g/mol. The Morgan fingerprint density at radius 2 is 2.25 bits per heavy atom. The zero-order valence-corrected chi connectivity index (χ0v) is 12.2. The molecule has 0 heterocycles. The maximum absolute atomic E-state index is 14.0. The number of nitrogens with two attached hydrogens (primary N) is 1. The van der Waals surface area contributed by atoms with E-state index < -0.39 is 17.8 Å². The third-order valence-corrected chi connectivity index (χ3v) is 3.48. The van der Waals surface area contributed by atoms with Gasteiger partial charge in [0, 0.05) is 18.0 Å². The van der Waals surface area contributed by atoms with Crippen LogP contribution in [0.2, 0.25) is 5.02 Å². The second-order valence-corrected chi connectivity index (χ2v) is 4.68. The summed E-state index contributed by atoms with van der Waals surface area (Å²) in [6.45, 7) is 3.65. The Hall–Kier alpha value is -1.66. The Balaban J connectivity index is 3.17. The lowest BCUT2D eigenvalue weighted by molar-refractivity contribution is -0.121. The SMILES string of the molecule is CN/N=C(\OC=O)C(N)C(C)c1c(F)ccc(Cl)c1C. The fourth-order valence-corrected chi connectivity index (χ4v) is 2.13. The quantitative estimate of drug-likeness (QED) is 0.377. The number of carbonyl (C=O) groups excluding carboxylic acids is 1. The number of halogens is 2. The molecule has 2 atom stereocenters. The van der Waals surface area contributed by atoms with Crippen LogP contribution in [0.3, 0.4) is 0 Å². The Morgan fingerprint density at radius 3 is 2.80 bits per heavy atom. The second-order valence-electron chi connectivity index (χ2n) is 4.27. The first-order valence-corrected chi connectivity index (χ1v) is 6.36. The van der Waals surface area contributed by atoms with E-state index in [1.807, 2.05) is 0 Å². The number of carbonyl (C=O) groups is 1. The van der Waals surface area contributed by atoms with E-state index in [9.17, 15) is 9.18 Å². The normalized spacial score (nSPS) is 14.6. The largest absolute Gasteiger partial charge is 0.410 e. The number of nitrogens with one attached hydrogen (secondary N) is 1. The third-order valence-electron chi connectivity index (χ3n) is 3.07. The van der Waals surface area contributed by atoms with E-state index in [0.717, 1.165) is 0 Å². The van der Waals surface area contributed by atoms with E-state index in [-0.39, 0.29) is 12.4 Å². The number of nitrogens with zero attached hydrogens (tertiary/aromatic N) is 1. The van der Waals surface area contributed by atoms with Crippen molar-refractivity contribution < 1.29 is 13.9 Å². The van der Waals surface area contributed by atoms with Crippen LogP contribution in [0.4, 0.5) is 4.39 Å². The van der Waals surface area contributed by atoms with Crippen molar-refractivity contribution in [3.8, 4) is 0 Å². The van der Waals surface area contributed by atoms with E-state index in [1.54, 1.807) is 13.8 Å². The minimum Gasteiger partial charge on any atom is -0.410 e. The first-order valence-electron chi connectivity index (χ1n) is 5.98. The van der Waals surface area contributed by atoms with Gasteiger partial charge in [-0.3, -0.25) is 4.79 Å². The molecule has 0 aliphatic heterocycles. The summed E-state index contributed by atoms with van der Waals surface area (Å²) in [7, 11) is 1.54. The zero-order chi connectivity index (χ0) is 15.3. The number of hydrogen-bond donors (Lipinski definition) is 2. The fourth-order valence-electron chi connectivity index (χ4n) is 1.96. The third kappa shape index (κ3) is 3.46. The average Bonchev–Trinajstić information content (AvgIpc) is 2.42. The standard InChI is InChI=1S/C13H17ClFN3O2/c1-7-9(14)4-5-10(15)11(7)8(2)12(16)13(18-17-3)20-6-19/h4-6,8,12,17H,16H2,1-3H3/b18-13-. The summed E-state index contributed by atoms with van der Waals surface area (Å²) in [5, 5.41) is 4.22. The van der Waals surface area contributed by atoms with Crippen LogP contribution in [0, 0.1) is 12.7 Å². The van der Waals surface area contributed by atoms with Crippen molar-refractivity contribution in [2.75, 3.05) is 7.05 Å². The van der Waals surface area contributed by atoms with Crippen LogP contribution in [-0.4, -0.2) is 25.5 Å². The van der Waals surface area contributed by atoms with E-state index in [0.29, 0.717) is 16.1 Å². The van der Waals surface area contributed by atoms with Crippen LogP contribution < -0.4 is 11.2 Å². The number of hydrazone groups is 1. The van der Waals surface area contributed by atoms with Crippen molar-refractivity contribution in [1.82, 2.24) is 5.43 Å². The molecule has 0 aliphatic rings. The Labute approximate surface area is 121 Å². The molecule has 0 fully saturated rings. The average molecular weight is 302 g/mol. The fraction of sp³-hybridized carbons (Fsp3) is 0.385. The second kappa shape index (κ2) is 7.21. The molecule has 3 N–H and O–H groups in total. The molecule has 5 nitrogen and oxygen atoms in total. The Kier molecular flexibility index (Phi) is 5.91. The molecule has 0 saturated carbocycles. The highest BCUT2D eigenvalue weighted by atomic mass is 35.5. The summed E-state index contributed by atoms with van der Waals surface area (Å²) in [6.07, 6.45) is 0. The summed E-state index contributed by atoms with van der Waals surface area (Å²) in [6, 6.07) is 1.97. The van der Waals surface area contributed by atoms with Crippen molar-refractivity contribution in [2.45, 2.75) is 25.8 Å². The van der Waals surface area contributed by atoms with Crippen LogP contribution in [0.1, 0.15) is 24.0 Å². The van der Waals surface area contributed by atoms with Crippen LogP contribution in [0.5, 0.6) is 0 Å². The molecule has 0 aliphatic carbocycles. The summed E-state index contributed by atoms with van der Waals surface area (Å²) in [5.74, 6) is -0.903. The smallest absolute Gasteiger partial charge is 0.299 e. The highest BCUT2D eigenvalue weighted by Gasteiger charge is 2.26. The van der Waals surface area contributed by atoms with Gasteiger partial charge in [0.2, 0.25) is 5.90 Å². The molecule has 0 spiro atoms. The highest BCUT2D eigenvalue weighted by molar-refractivity contribution is 6.31. The molecule has 20 heavy (non-hydrogen) atoms. The van der Waals surface area contributed by atoms with Crippen LogP contribution in [-0.2, 0) is 9.53 Å². The molecule has 0 radical (unpaired) electrons. The molecule has 1 aromatic rings. The van der Waals surface area contributed by atoms with Crippen LogP contribution in [0.15, 0.2) is 17.2 Å². The highest BCUT2D eigenvalue weighted by Crippen LogP contribution is 2.30. The monoisotopic (exact) mass is 301 g/mol. The van der Waals surface area contributed by atoms with Gasteiger partial charge in [-0.05, 0) is 30.2 Å². The summed E-state index contributed by atoms with van der Waals surface area (Å²) >= 11 is 6.00. The minimum absolute atomic E-state index is 0.0197. The van der Waals surface area contributed by atoms with Crippen LogP contribution in [0.25, 0.3) is 0 Å². The van der Waals surface area contributed by atoms with Crippen molar-refractivity contribution in [2.24, 2.45) is 10.8 Å². The lowest BCUT2D eigenvalue weighted by Crippen LogP contribution is -2.38. The maximum Gasteiger partial charge on any atom is 0.299 e. The van der Waals surface area contributed by atoms with Crippen LogP contribution >= 0.6 is 11.6 Å². The van der Waals surface area contributed by atoms with Gasteiger partial charge < -0.3 is 15.9 Å². The molecule has 1 aromatic carbocycles. The molecule has 0 saturated heterocycles. The number of benzene rings is 1. The molecule has 0 bridgehead atoms. The number of rotatable bonds is 5.